The highest BCUT2D eigenvalue weighted by Gasteiger charge is 2.52. The molecule has 0 N–H and O–H groups in total. The van der Waals surface area contributed by atoms with Gasteiger partial charge in [0.1, 0.15) is 0 Å². The van der Waals surface area contributed by atoms with E-state index < -0.39 is 30.1 Å². The van der Waals surface area contributed by atoms with E-state index in [0.29, 0.717) is 16.6 Å². The van der Waals surface area contributed by atoms with Crippen molar-refractivity contribution in [3.8, 4) is 0 Å². The lowest BCUT2D eigenvalue weighted by atomic mass is 9.74. The van der Waals surface area contributed by atoms with Crippen LogP contribution in [0.2, 0.25) is 0 Å². The lowest BCUT2D eigenvalue weighted by molar-refractivity contribution is -0.137. The summed E-state index contributed by atoms with van der Waals surface area (Å²) >= 11 is 0. The SMILES string of the molecule is CC1(C)OB(c2cc(C(F)(F)F)cc3c2C=NC3)OC1(C)C. The van der Waals surface area contributed by atoms with Gasteiger partial charge in [0.2, 0.25) is 0 Å². The fourth-order valence-corrected chi connectivity index (χ4v) is 2.59. The summed E-state index contributed by atoms with van der Waals surface area (Å²) in [5.41, 5.74) is -0.277. The Balaban J connectivity index is 2.08. The summed E-state index contributed by atoms with van der Waals surface area (Å²) in [6, 6.07) is 2.26. The van der Waals surface area contributed by atoms with Crippen molar-refractivity contribution in [2.45, 2.75) is 51.6 Å². The normalized spacial score (nSPS) is 22.2. The zero-order valence-electron chi connectivity index (χ0n) is 12.9. The standard InChI is InChI=1S/C15H17BF3NO2/c1-13(2)14(3,4)22-16(21-13)12-6-10(15(17,18)19)5-9-7-20-8-11(9)12/h5-6,8H,7H2,1-4H3. The number of aliphatic imine (C=N–C) groups is 1. The van der Waals surface area contributed by atoms with Crippen molar-refractivity contribution in [3.63, 3.8) is 0 Å². The molecule has 2 aliphatic rings. The number of alkyl halides is 3. The van der Waals surface area contributed by atoms with Crippen molar-refractivity contribution in [2.75, 3.05) is 0 Å². The number of rotatable bonds is 1. The summed E-state index contributed by atoms with van der Waals surface area (Å²) < 4.78 is 51.1. The predicted octanol–water partition coefficient (Wildman–Crippen LogP) is 2.94. The lowest BCUT2D eigenvalue weighted by Gasteiger charge is -2.32. The molecule has 2 heterocycles. The molecule has 0 unspecified atom stereocenters. The first-order valence-electron chi connectivity index (χ1n) is 7.11. The zero-order chi connectivity index (χ0) is 16.3. The largest absolute Gasteiger partial charge is 0.495 e. The molecule has 0 bridgehead atoms. The highest BCUT2D eigenvalue weighted by atomic mass is 19.4. The minimum absolute atomic E-state index is 0.256. The van der Waals surface area contributed by atoms with Gasteiger partial charge in [-0.2, -0.15) is 13.2 Å². The fourth-order valence-electron chi connectivity index (χ4n) is 2.59. The van der Waals surface area contributed by atoms with Gasteiger partial charge in [0.15, 0.2) is 0 Å². The molecule has 1 aromatic carbocycles. The van der Waals surface area contributed by atoms with E-state index in [4.69, 9.17) is 9.31 Å². The second-order valence-corrected chi connectivity index (χ2v) is 6.69. The van der Waals surface area contributed by atoms with Gasteiger partial charge in [-0.3, -0.25) is 4.99 Å². The van der Waals surface area contributed by atoms with Crippen LogP contribution in [0.4, 0.5) is 13.2 Å². The van der Waals surface area contributed by atoms with E-state index >= 15 is 0 Å². The molecule has 0 spiro atoms. The molecule has 2 aliphatic heterocycles. The van der Waals surface area contributed by atoms with Gasteiger partial charge in [-0.05, 0) is 56.4 Å². The van der Waals surface area contributed by atoms with E-state index in [9.17, 15) is 13.2 Å². The third-order valence-electron chi connectivity index (χ3n) is 4.61. The summed E-state index contributed by atoms with van der Waals surface area (Å²) in [6.45, 7) is 7.74. The van der Waals surface area contributed by atoms with Crippen molar-refractivity contribution in [3.05, 3.63) is 28.8 Å². The summed E-state index contributed by atoms with van der Waals surface area (Å²) in [6.07, 6.45) is -2.81. The molecule has 3 nitrogen and oxygen atoms in total. The molecule has 0 aromatic heterocycles. The van der Waals surface area contributed by atoms with Crippen LogP contribution in [0.5, 0.6) is 0 Å². The van der Waals surface area contributed by atoms with Gasteiger partial charge in [-0.1, -0.05) is 0 Å². The minimum Gasteiger partial charge on any atom is -0.399 e. The molecule has 1 aromatic rings. The molecule has 7 heteroatoms. The molecular weight excluding hydrogens is 294 g/mol. The van der Waals surface area contributed by atoms with Crippen LogP contribution in [0.15, 0.2) is 17.1 Å². The Labute approximate surface area is 127 Å². The second kappa shape index (κ2) is 4.58. The van der Waals surface area contributed by atoms with Crippen LogP contribution in [0.3, 0.4) is 0 Å². The minimum atomic E-state index is -4.41. The number of fused-ring (bicyclic) bond motifs is 1. The maximum absolute atomic E-state index is 13.1. The maximum atomic E-state index is 13.1. The van der Waals surface area contributed by atoms with Gasteiger partial charge in [-0.25, -0.2) is 0 Å². The van der Waals surface area contributed by atoms with Gasteiger partial charge in [0.05, 0.1) is 23.3 Å². The first kappa shape index (κ1) is 15.6. The molecule has 1 fully saturated rings. The van der Waals surface area contributed by atoms with Crippen molar-refractivity contribution in [1.82, 2.24) is 0 Å². The molecule has 0 aliphatic carbocycles. The number of hydrogen-bond donors (Lipinski definition) is 0. The molecule has 0 saturated carbocycles. The Morgan fingerprint density at radius 2 is 1.68 bits per heavy atom. The zero-order valence-corrected chi connectivity index (χ0v) is 12.9. The van der Waals surface area contributed by atoms with Gasteiger partial charge < -0.3 is 9.31 Å². The monoisotopic (exact) mass is 311 g/mol. The fraction of sp³-hybridized carbons (Fsp3) is 0.533. The molecular formula is C15H17BF3NO2. The average molecular weight is 311 g/mol. The molecule has 0 radical (unpaired) electrons. The van der Waals surface area contributed by atoms with Crippen LogP contribution in [0.25, 0.3) is 0 Å². The van der Waals surface area contributed by atoms with Crippen molar-refractivity contribution in [2.24, 2.45) is 4.99 Å². The summed E-state index contributed by atoms with van der Waals surface area (Å²) in [7, 11) is -0.828. The number of halogens is 3. The number of hydrogen-bond acceptors (Lipinski definition) is 3. The van der Waals surface area contributed by atoms with E-state index in [1.807, 2.05) is 27.7 Å². The molecule has 118 valence electrons. The highest BCUT2D eigenvalue weighted by Crippen LogP contribution is 2.38. The Hall–Kier alpha value is -1.34. The molecule has 22 heavy (non-hydrogen) atoms. The van der Waals surface area contributed by atoms with Gasteiger partial charge in [-0.15, -0.1) is 0 Å². The van der Waals surface area contributed by atoms with Gasteiger partial charge >= 0.3 is 13.3 Å². The second-order valence-electron chi connectivity index (χ2n) is 6.69. The first-order chi connectivity index (χ1) is 10.0. The first-order valence-corrected chi connectivity index (χ1v) is 7.11. The van der Waals surface area contributed by atoms with Gasteiger partial charge in [0, 0.05) is 6.21 Å². The Morgan fingerprint density at radius 3 is 2.23 bits per heavy atom. The van der Waals surface area contributed by atoms with Gasteiger partial charge in [0.25, 0.3) is 0 Å². The molecule has 3 rings (SSSR count). The Morgan fingerprint density at radius 1 is 1.09 bits per heavy atom. The molecule has 1 saturated heterocycles. The van der Waals surface area contributed by atoms with E-state index in [1.165, 1.54) is 0 Å². The van der Waals surface area contributed by atoms with Crippen LogP contribution in [-0.2, 0) is 22.0 Å². The van der Waals surface area contributed by atoms with Crippen molar-refractivity contribution < 1.29 is 22.5 Å². The predicted molar refractivity (Wildman–Crippen MR) is 78.5 cm³/mol. The summed E-state index contributed by atoms with van der Waals surface area (Å²) in [5.74, 6) is 0. The van der Waals surface area contributed by atoms with Crippen LogP contribution in [0, 0.1) is 0 Å². The average Bonchev–Trinajstić information content (AvgIpc) is 2.89. The Bertz CT molecular complexity index is 637. The van der Waals surface area contributed by atoms with Crippen molar-refractivity contribution >= 4 is 18.8 Å². The third-order valence-corrected chi connectivity index (χ3v) is 4.61. The van der Waals surface area contributed by atoms with E-state index in [0.717, 1.165) is 12.1 Å². The topological polar surface area (TPSA) is 30.8 Å². The van der Waals surface area contributed by atoms with E-state index in [-0.39, 0.29) is 6.54 Å². The Kier molecular flexibility index (Phi) is 3.24. The summed E-state index contributed by atoms with van der Waals surface area (Å²) in [4.78, 5) is 4.08. The molecule has 0 amide bonds. The third kappa shape index (κ3) is 2.36. The van der Waals surface area contributed by atoms with E-state index in [1.54, 1.807) is 6.21 Å². The maximum Gasteiger partial charge on any atom is 0.495 e. The summed E-state index contributed by atoms with van der Waals surface area (Å²) in [5, 5.41) is 0. The number of benzene rings is 1. The quantitative estimate of drug-likeness (QED) is 0.747. The van der Waals surface area contributed by atoms with Crippen LogP contribution < -0.4 is 5.46 Å². The van der Waals surface area contributed by atoms with Crippen molar-refractivity contribution in [1.29, 1.82) is 0 Å². The van der Waals surface area contributed by atoms with E-state index in [2.05, 4.69) is 4.99 Å². The molecule has 0 atom stereocenters. The van der Waals surface area contributed by atoms with Crippen LogP contribution in [0.1, 0.15) is 44.4 Å². The number of nitrogens with zero attached hydrogens (tertiary/aromatic N) is 1. The lowest BCUT2D eigenvalue weighted by Crippen LogP contribution is -2.41. The van der Waals surface area contributed by atoms with Crippen LogP contribution in [-0.4, -0.2) is 24.5 Å². The smallest absolute Gasteiger partial charge is 0.399 e. The highest BCUT2D eigenvalue weighted by molar-refractivity contribution is 6.63. The van der Waals surface area contributed by atoms with Crippen LogP contribution >= 0.6 is 0 Å².